The topological polar surface area (TPSA) is 88.1 Å². The number of ether oxygens (including phenoxy) is 4. The van der Waals surface area contributed by atoms with Gasteiger partial charge in [-0.2, -0.15) is 0 Å². The van der Waals surface area contributed by atoms with Crippen molar-refractivity contribution in [1.82, 2.24) is 0 Å². The van der Waals surface area contributed by atoms with Crippen molar-refractivity contribution in [3.63, 3.8) is 0 Å². The highest BCUT2D eigenvalue weighted by Gasteiger charge is 2.28. The minimum Gasteiger partial charge on any atom is -0.493 e. The zero-order valence-corrected chi connectivity index (χ0v) is 16.8. The van der Waals surface area contributed by atoms with Crippen molar-refractivity contribution < 1.29 is 33.3 Å². The Morgan fingerprint density at radius 3 is 1.90 bits per heavy atom. The maximum atomic E-state index is 12.7. The molecule has 0 aromatic heterocycles. The molecule has 2 atom stereocenters. The molecule has 0 radical (unpaired) electrons. The van der Waals surface area contributed by atoms with E-state index in [1.165, 1.54) is 32.4 Å². The van der Waals surface area contributed by atoms with Crippen molar-refractivity contribution >= 4 is 18.5 Å². The molecule has 0 saturated carbocycles. The average Bonchev–Trinajstić information content (AvgIpc) is 2.76. The highest BCUT2D eigenvalue weighted by Crippen LogP contribution is 2.32. The van der Waals surface area contributed by atoms with Gasteiger partial charge in [0, 0.05) is 11.1 Å². The van der Waals surface area contributed by atoms with E-state index < -0.39 is 18.0 Å². The van der Waals surface area contributed by atoms with Gasteiger partial charge in [-0.3, -0.25) is 14.4 Å². The first-order valence-electron chi connectivity index (χ1n) is 9.12. The highest BCUT2D eigenvalue weighted by molar-refractivity contribution is 5.79. The van der Waals surface area contributed by atoms with Crippen LogP contribution in [0.25, 0.3) is 0 Å². The van der Waals surface area contributed by atoms with Gasteiger partial charge in [0.2, 0.25) is 0 Å². The van der Waals surface area contributed by atoms with E-state index in [4.69, 9.17) is 18.9 Å². The Bertz CT molecular complexity index is 875. The Morgan fingerprint density at radius 2 is 1.41 bits per heavy atom. The van der Waals surface area contributed by atoms with Crippen molar-refractivity contribution in [1.29, 1.82) is 0 Å². The summed E-state index contributed by atoms with van der Waals surface area (Å²) in [6, 6.07) is 9.35. The van der Waals surface area contributed by atoms with Crippen LogP contribution in [0.5, 0.6) is 23.0 Å². The van der Waals surface area contributed by atoms with E-state index in [0.29, 0.717) is 41.6 Å². The molecule has 7 heteroatoms. The van der Waals surface area contributed by atoms with Crippen molar-refractivity contribution in [2.45, 2.75) is 26.4 Å². The van der Waals surface area contributed by atoms with Gasteiger partial charge in [0.1, 0.15) is 18.7 Å². The van der Waals surface area contributed by atoms with Gasteiger partial charge in [0.25, 0.3) is 0 Å². The molecule has 0 aliphatic carbocycles. The molecular weight excluding hydrogens is 376 g/mol. The van der Waals surface area contributed by atoms with Crippen LogP contribution in [0.4, 0.5) is 0 Å². The monoisotopic (exact) mass is 400 g/mol. The molecule has 0 N–H and O–H groups in total. The maximum Gasteiger partial charge on any atom is 0.317 e. The second-order valence-corrected chi connectivity index (χ2v) is 6.33. The van der Waals surface area contributed by atoms with Crippen LogP contribution in [0.2, 0.25) is 0 Å². The number of carbonyl (C=O) groups excluding carboxylic acids is 3. The number of aldehydes is 2. The van der Waals surface area contributed by atoms with E-state index in [0.717, 1.165) is 0 Å². The van der Waals surface area contributed by atoms with Crippen LogP contribution in [-0.4, -0.2) is 38.9 Å². The molecule has 0 spiro atoms. The quantitative estimate of drug-likeness (QED) is 0.341. The van der Waals surface area contributed by atoms with Gasteiger partial charge in [-0.25, -0.2) is 0 Å². The van der Waals surface area contributed by atoms with Gasteiger partial charge in [-0.1, -0.05) is 6.92 Å². The van der Waals surface area contributed by atoms with Crippen LogP contribution in [0.3, 0.4) is 0 Å². The second kappa shape index (κ2) is 10.3. The Kier molecular flexibility index (Phi) is 7.77. The van der Waals surface area contributed by atoms with Crippen LogP contribution < -0.4 is 18.9 Å². The van der Waals surface area contributed by atoms with Crippen LogP contribution >= 0.6 is 0 Å². The molecule has 2 rings (SSSR count). The van der Waals surface area contributed by atoms with E-state index >= 15 is 0 Å². The SMILES string of the molecule is CCC(Oc1ccc(C=O)cc1OC)C(C)C(=O)Oc1ccc(C=O)cc1OC. The highest BCUT2D eigenvalue weighted by atomic mass is 16.6. The molecule has 2 aromatic carbocycles. The lowest BCUT2D eigenvalue weighted by atomic mass is 10.0. The van der Waals surface area contributed by atoms with Crippen molar-refractivity contribution in [2.75, 3.05) is 14.2 Å². The summed E-state index contributed by atoms with van der Waals surface area (Å²) < 4.78 is 21.9. The normalized spacial score (nSPS) is 12.4. The third kappa shape index (κ3) is 5.34. The lowest BCUT2D eigenvalue weighted by Gasteiger charge is -2.24. The van der Waals surface area contributed by atoms with Gasteiger partial charge in [-0.05, 0) is 49.7 Å². The fourth-order valence-corrected chi connectivity index (χ4v) is 2.75. The summed E-state index contributed by atoms with van der Waals surface area (Å²) in [7, 11) is 2.91. The molecule has 2 unspecified atom stereocenters. The molecule has 0 aliphatic rings. The molecule has 2 aromatic rings. The maximum absolute atomic E-state index is 12.7. The van der Waals surface area contributed by atoms with E-state index in [2.05, 4.69) is 0 Å². The third-order valence-electron chi connectivity index (χ3n) is 4.47. The van der Waals surface area contributed by atoms with Gasteiger partial charge in [0.15, 0.2) is 23.0 Å². The molecule has 0 saturated heterocycles. The molecule has 0 amide bonds. The van der Waals surface area contributed by atoms with Crippen molar-refractivity contribution in [3.8, 4) is 23.0 Å². The number of esters is 1. The van der Waals surface area contributed by atoms with E-state index in [-0.39, 0.29) is 11.5 Å². The van der Waals surface area contributed by atoms with Gasteiger partial charge >= 0.3 is 5.97 Å². The van der Waals surface area contributed by atoms with E-state index in [1.54, 1.807) is 25.1 Å². The van der Waals surface area contributed by atoms with Gasteiger partial charge < -0.3 is 18.9 Å². The van der Waals surface area contributed by atoms with Gasteiger partial charge in [-0.15, -0.1) is 0 Å². The Morgan fingerprint density at radius 1 is 0.897 bits per heavy atom. The number of carbonyl (C=O) groups is 3. The first-order chi connectivity index (χ1) is 14.0. The van der Waals surface area contributed by atoms with Crippen molar-refractivity contribution in [3.05, 3.63) is 47.5 Å². The predicted octanol–water partition coefficient (Wildman–Crippen LogP) is 3.73. The Balaban J connectivity index is 2.17. The Hall–Kier alpha value is -3.35. The third-order valence-corrected chi connectivity index (χ3v) is 4.47. The van der Waals surface area contributed by atoms with Crippen LogP contribution in [0, 0.1) is 5.92 Å². The molecule has 29 heavy (non-hydrogen) atoms. The lowest BCUT2D eigenvalue weighted by Crippen LogP contribution is -2.33. The summed E-state index contributed by atoms with van der Waals surface area (Å²) in [6.07, 6.45) is 1.45. The molecule has 154 valence electrons. The molecule has 7 nitrogen and oxygen atoms in total. The minimum atomic E-state index is -0.606. The fourth-order valence-electron chi connectivity index (χ4n) is 2.75. The smallest absolute Gasteiger partial charge is 0.317 e. The first-order valence-corrected chi connectivity index (χ1v) is 9.12. The second-order valence-electron chi connectivity index (χ2n) is 6.33. The summed E-state index contributed by atoms with van der Waals surface area (Å²) in [5.41, 5.74) is 0.871. The molecule has 0 fully saturated rings. The molecular formula is C22H24O7. The zero-order chi connectivity index (χ0) is 21.4. The predicted molar refractivity (Wildman–Crippen MR) is 106 cm³/mol. The molecule has 0 aliphatic heterocycles. The molecule has 0 heterocycles. The van der Waals surface area contributed by atoms with Crippen LogP contribution in [0.1, 0.15) is 41.0 Å². The number of methoxy groups -OCH3 is 2. The standard InChI is InChI=1S/C22H24O7/c1-5-17(28-18-8-6-15(12-23)10-20(18)26-3)14(2)22(25)29-19-9-7-16(13-24)11-21(19)27-4/h6-14,17H,5H2,1-4H3. The summed E-state index contributed by atoms with van der Waals surface area (Å²) in [6.45, 7) is 3.59. The average molecular weight is 400 g/mol. The number of benzene rings is 2. The number of hydrogen-bond donors (Lipinski definition) is 0. The minimum absolute atomic E-state index is 0.220. The summed E-state index contributed by atoms with van der Waals surface area (Å²) in [5.74, 6) is 0.230. The summed E-state index contributed by atoms with van der Waals surface area (Å²) in [4.78, 5) is 34.5. The lowest BCUT2D eigenvalue weighted by molar-refractivity contribution is -0.141. The summed E-state index contributed by atoms with van der Waals surface area (Å²) in [5, 5.41) is 0. The van der Waals surface area contributed by atoms with Crippen LogP contribution in [0.15, 0.2) is 36.4 Å². The number of rotatable bonds is 10. The Labute approximate surface area is 169 Å². The fraction of sp³-hybridized carbons (Fsp3) is 0.318. The van der Waals surface area contributed by atoms with Crippen molar-refractivity contribution in [2.24, 2.45) is 5.92 Å². The zero-order valence-electron chi connectivity index (χ0n) is 16.8. The van der Waals surface area contributed by atoms with Crippen LogP contribution in [-0.2, 0) is 4.79 Å². The first kappa shape index (κ1) is 21.9. The largest absolute Gasteiger partial charge is 0.493 e. The summed E-state index contributed by atoms with van der Waals surface area (Å²) >= 11 is 0. The number of hydrogen-bond acceptors (Lipinski definition) is 7. The van der Waals surface area contributed by atoms with E-state index in [9.17, 15) is 14.4 Å². The molecule has 0 bridgehead atoms. The van der Waals surface area contributed by atoms with E-state index in [1.807, 2.05) is 6.92 Å². The van der Waals surface area contributed by atoms with Gasteiger partial charge in [0.05, 0.1) is 20.1 Å².